The van der Waals surface area contributed by atoms with E-state index in [1.165, 1.54) is 4.90 Å². The molecular formula is C22H22N4O3. The molecular weight excluding hydrogens is 368 g/mol. The Hall–Kier alpha value is -3.53. The number of carbonyl (C=O) groups is 2. The zero-order chi connectivity index (χ0) is 20.4. The highest BCUT2D eigenvalue weighted by Crippen LogP contribution is 2.35. The smallest absolute Gasteiger partial charge is 0.407 e. The Labute approximate surface area is 169 Å². The standard InChI is InChI=1S/C22H22N4O3/c23-14-25-11-17-9-18(10-19(20(17)13-25)15-5-2-1-3-6-15)24-21(27)16-7-4-8-26(12-16)22(28)29/h1-3,5-6,9-10,16H,4,7-8,11-13H2,(H,24,27)(H,28,29). The summed E-state index contributed by atoms with van der Waals surface area (Å²) in [6, 6.07) is 13.8. The molecule has 2 amide bonds. The Kier molecular flexibility index (Phi) is 5.09. The Bertz CT molecular complexity index is 984. The summed E-state index contributed by atoms with van der Waals surface area (Å²) in [6.07, 6.45) is 2.57. The van der Waals surface area contributed by atoms with Gasteiger partial charge < -0.3 is 20.2 Å². The highest BCUT2D eigenvalue weighted by Gasteiger charge is 2.29. The molecule has 2 aromatic rings. The second-order valence-electron chi connectivity index (χ2n) is 7.54. The predicted octanol–water partition coefficient (Wildman–Crippen LogP) is 3.48. The molecule has 2 heterocycles. The van der Waals surface area contributed by atoms with Gasteiger partial charge in [-0.2, -0.15) is 5.26 Å². The van der Waals surface area contributed by atoms with Crippen molar-refractivity contribution in [3.05, 3.63) is 53.6 Å². The Morgan fingerprint density at radius 3 is 2.69 bits per heavy atom. The van der Waals surface area contributed by atoms with E-state index in [2.05, 4.69) is 11.5 Å². The molecule has 0 radical (unpaired) electrons. The number of rotatable bonds is 3. The van der Waals surface area contributed by atoms with Crippen LogP contribution in [0.2, 0.25) is 0 Å². The van der Waals surface area contributed by atoms with Gasteiger partial charge in [-0.3, -0.25) is 4.79 Å². The highest BCUT2D eigenvalue weighted by atomic mass is 16.4. The molecule has 2 aliphatic rings. The summed E-state index contributed by atoms with van der Waals surface area (Å²) in [5.41, 5.74) is 4.85. The van der Waals surface area contributed by atoms with Crippen LogP contribution in [0.15, 0.2) is 42.5 Å². The molecule has 0 aliphatic carbocycles. The van der Waals surface area contributed by atoms with Crippen LogP contribution < -0.4 is 5.32 Å². The lowest BCUT2D eigenvalue weighted by Gasteiger charge is -2.29. The molecule has 4 rings (SSSR count). The average Bonchev–Trinajstić information content (AvgIpc) is 3.17. The van der Waals surface area contributed by atoms with Crippen molar-refractivity contribution in [3.63, 3.8) is 0 Å². The van der Waals surface area contributed by atoms with Gasteiger partial charge in [0.2, 0.25) is 5.91 Å². The number of nitrogens with one attached hydrogen (secondary N) is 1. The van der Waals surface area contributed by atoms with E-state index in [1.54, 1.807) is 4.90 Å². The maximum absolute atomic E-state index is 12.8. The van der Waals surface area contributed by atoms with Gasteiger partial charge in [-0.25, -0.2) is 4.79 Å². The molecule has 0 saturated carbocycles. The molecule has 0 bridgehead atoms. The molecule has 29 heavy (non-hydrogen) atoms. The maximum atomic E-state index is 12.8. The van der Waals surface area contributed by atoms with Gasteiger partial charge in [0.05, 0.1) is 19.0 Å². The van der Waals surface area contributed by atoms with Gasteiger partial charge >= 0.3 is 6.09 Å². The minimum Gasteiger partial charge on any atom is -0.465 e. The molecule has 148 valence electrons. The molecule has 0 spiro atoms. The molecule has 2 aromatic carbocycles. The molecule has 1 atom stereocenters. The van der Waals surface area contributed by atoms with Crippen molar-refractivity contribution in [2.75, 3.05) is 18.4 Å². The fourth-order valence-corrected chi connectivity index (χ4v) is 4.14. The van der Waals surface area contributed by atoms with Crippen molar-refractivity contribution >= 4 is 17.7 Å². The van der Waals surface area contributed by atoms with Crippen LogP contribution in [0.5, 0.6) is 0 Å². The van der Waals surface area contributed by atoms with Crippen LogP contribution in [0.1, 0.15) is 24.0 Å². The van der Waals surface area contributed by atoms with E-state index in [0.717, 1.165) is 22.3 Å². The molecule has 1 fully saturated rings. The van der Waals surface area contributed by atoms with Crippen molar-refractivity contribution in [1.82, 2.24) is 9.80 Å². The average molecular weight is 390 g/mol. The summed E-state index contributed by atoms with van der Waals surface area (Å²) in [4.78, 5) is 27.0. The van der Waals surface area contributed by atoms with Gasteiger partial charge in [-0.1, -0.05) is 30.3 Å². The number of hydrogen-bond acceptors (Lipinski definition) is 4. The van der Waals surface area contributed by atoms with E-state index in [0.29, 0.717) is 38.2 Å². The first-order chi connectivity index (χ1) is 14.0. The largest absolute Gasteiger partial charge is 0.465 e. The number of nitrogens with zero attached hydrogens (tertiary/aromatic N) is 3. The van der Waals surface area contributed by atoms with Crippen molar-refractivity contribution in [2.24, 2.45) is 5.92 Å². The Balaban J connectivity index is 1.61. The van der Waals surface area contributed by atoms with Crippen molar-refractivity contribution < 1.29 is 14.7 Å². The number of fused-ring (bicyclic) bond motifs is 1. The first kappa shape index (κ1) is 18.8. The van der Waals surface area contributed by atoms with Gasteiger partial charge in [0.1, 0.15) is 0 Å². The van der Waals surface area contributed by atoms with Gasteiger partial charge in [-0.05, 0) is 47.2 Å². The Morgan fingerprint density at radius 2 is 1.97 bits per heavy atom. The van der Waals surface area contributed by atoms with Gasteiger partial charge in [-0.15, -0.1) is 0 Å². The zero-order valence-electron chi connectivity index (χ0n) is 16.0. The number of nitriles is 1. The Morgan fingerprint density at radius 1 is 1.17 bits per heavy atom. The second kappa shape index (κ2) is 7.84. The summed E-state index contributed by atoms with van der Waals surface area (Å²) in [5.74, 6) is -0.520. The lowest BCUT2D eigenvalue weighted by molar-refractivity contribution is -0.121. The number of carboxylic acid groups (broad SMARTS) is 1. The van der Waals surface area contributed by atoms with Crippen molar-refractivity contribution in [2.45, 2.75) is 25.9 Å². The number of benzene rings is 2. The van der Waals surface area contributed by atoms with Gasteiger partial charge in [0, 0.05) is 18.8 Å². The number of carbonyl (C=O) groups excluding carboxylic acids is 1. The van der Waals surface area contributed by atoms with E-state index < -0.39 is 6.09 Å². The summed E-state index contributed by atoms with van der Waals surface area (Å²) < 4.78 is 0. The number of piperidine rings is 1. The van der Waals surface area contributed by atoms with Crippen LogP contribution >= 0.6 is 0 Å². The number of hydrogen-bond donors (Lipinski definition) is 2. The topological polar surface area (TPSA) is 96.7 Å². The zero-order valence-corrected chi connectivity index (χ0v) is 16.0. The normalized spacial score (nSPS) is 18.1. The van der Waals surface area contributed by atoms with Crippen LogP contribution in [0.3, 0.4) is 0 Å². The summed E-state index contributed by atoms with van der Waals surface area (Å²) in [6.45, 7) is 1.77. The third kappa shape index (κ3) is 3.87. The quantitative estimate of drug-likeness (QED) is 0.782. The lowest BCUT2D eigenvalue weighted by Crippen LogP contribution is -2.43. The molecule has 7 heteroatoms. The van der Waals surface area contributed by atoms with Crippen LogP contribution in [-0.2, 0) is 17.9 Å². The molecule has 1 unspecified atom stereocenters. The SMILES string of the molecule is N#CN1Cc2cc(NC(=O)C3CCCN(C(=O)O)C3)cc(-c3ccccc3)c2C1. The van der Waals surface area contributed by atoms with Gasteiger partial charge in [0.15, 0.2) is 6.19 Å². The fourth-order valence-electron chi connectivity index (χ4n) is 4.14. The molecule has 0 aromatic heterocycles. The number of amides is 2. The first-order valence-electron chi connectivity index (χ1n) is 9.70. The van der Waals surface area contributed by atoms with E-state index >= 15 is 0 Å². The van der Waals surface area contributed by atoms with Crippen LogP contribution in [0.25, 0.3) is 11.1 Å². The number of anilines is 1. The predicted molar refractivity (Wildman–Crippen MR) is 108 cm³/mol. The lowest BCUT2D eigenvalue weighted by atomic mass is 9.95. The summed E-state index contributed by atoms with van der Waals surface area (Å²) in [5, 5.41) is 21.5. The van der Waals surface area contributed by atoms with Gasteiger partial charge in [0.25, 0.3) is 0 Å². The molecule has 7 nitrogen and oxygen atoms in total. The van der Waals surface area contributed by atoms with E-state index in [4.69, 9.17) is 0 Å². The monoisotopic (exact) mass is 390 g/mol. The van der Waals surface area contributed by atoms with Crippen molar-refractivity contribution in [3.8, 4) is 17.3 Å². The van der Waals surface area contributed by atoms with Crippen LogP contribution in [0, 0.1) is 17.4 Å². The minimum atomic E-state index is -0.983. The van der Waals surface area contributed by atoms with Crippen LogP contribution in [-0.4, -0.2) is 40.0 Å². The first-order valence-corrected chi connectivity index (χ1v) is 9.70. The molecule has 1 saturated heterocycles. The molecule has 2 aliphatic heterocycles. The maximum Gasteiger partial charge on any atom is 0.407 e. The third-order valence-electron chi connectivity index (χ3n) is 5.61. The van der Waals surface area contributed by atoms with E-state index in [9.17, 15) is 20.0 Å². The summed E-state index contributed by atoms with van der Waals surface area (Å²) in [7, 11) is 0. The second-order valence-corrected chi connectivity index (χ2v) is 7.54. The molecule has 2 N–H and O–H groups in total. The minimum absolute atomic E-state index is 0.162. The van der Waals surface area contributed by atoms with Crippen LogP contribution in [0.4, 0.5) is 10.5 Å². The highest BCUT2D eigenvalue weighted by molar-refractivity contribution is 5.94. The van der Waals surface area contributed by atoms with E-state index in [1.807, 2.05) is 42.5 Å². The number of likely N-dealkylation sites (tertiary alicyclic amines) is 1. The fraction of sp³-hybridized carbons (Fsp3) is 0.318. The van der Waals surface area contributed by atoms with E-state index in [-0.39, 0.29) is 18.4 Å². The third-order valence-corrected chi connectivity index (χ3v) is 5.61. The summed E-state index contributed by atoms with van der Waals surface area (Å²) >= 11 is 0. The van der Waals surface area contributed by atoms with Crippen molar-refractivity contribution in [1.29, 1.82) is 5.26 Å².